The fourth-order valence-corrected chi connectivity index (χ4v) is 1.61. The van der Waals surface area contributed by atoms with Gasteiger partial charge in [-0.15, -0.1) is 13.2 Å². The van der Waals surface area contributed by atoms with E-state index in [1.807, 2.05) is 22.6 Å². The minimum Gasteiger partial charge on any atom is -0.406 e. The van der Waals surface area contributed by atoms with Gasteiger partial charge in [0.2, 0.25) is 0 Å². The van der Waals surface area contributed by atoms with Gasteiger partial charge in [-0.2, -0.15) is 0 Å². The lowest BCUT2D eigenvalue weighted by Crippen LogP contribution is -2.17. The molecule has 2 aromatic rings. The van der Waals surface area contributed by atoms with Crippen LogP contribution in [-0.4, -0.2) is 16.3 Å². The molecule has 0 saturated heterocycles. The third kappa shape index (κ3) is 3.69. The van der Waals surface area contributed by atoms with Crippen molar-refractivity contribution < 1.29 is 17.9 Å². The number of aromatic amines is 1. The topological polar surface area (TPSA) is 55.0 Å². The summed E-state index contributed by atoms with van der Waals surface area (Å²) in [5.74, 6) is -0.0481. The second-order valence-electron chi connectivity index (χ2n) is 3.48. The Hall–Kier alpha value is -1.58. The van der Waals surface area contributed by atoms with Gasteiger partial charge in [0, 0.05) is 11.8 Å². The average molecular weight is 382 g/mol. The van der Waals surface area contributed by atoms with Crippen LogP contribution in [0.3, 0.4) is 0 Å². The number of nitrogens with one attached hydrogen (secondary N) is 1. The van der Waals surface area contributed by atoms with Crippen molar-refractivity contribution in [2.75, 3.05) is 0 Å². The molecule has 0 fully saturated rings. The maximum atomic E-state index is 12.0. The van der Waals surface area contributed by atoms with E-state index in [1.54, 1.807) is 0 Å². The lowest BCUT2D eigenvalue weighted by Gasteiger charge is -2.09. The Morgan fingerprint density at radius 3 is 2.37 bits per heavy atom. The second-order valence-corrected chi connectivity index (χ2v) is 4.64. The monoisotopic (exact) mass is 382 g/mol. The van der Waals surface area contributed by atoms with E-state index in [1.165, 1.54) is 18.3 Å². The molecule has 0 unspecified atom stereocenters. The third-order valence-electron chi connectivity index (χ3n) is 2.12. The lowest BCUT2D eigenvalue weighted by atomic mass is 10.2. The molecule has 0 aliphatic heterocycles. The van der Waals surface area contributed by atoms with Crippen LogP contribution >= 0.6 is 22.6 Å². The van der Waals surface area contributed by atoms with Crippen molar-refractivity contribution >= 4 is 22.6 Å². The summed E-state index contributed by atoms with van der Waals surface area (Å²) in [6, 6.07) is 5.07. The van der Waals surface area contributed by atoms with Crippen LogP contribution in [0.25, 0.3) is 11.4 Å². The Morgan fingerprint density at radius 2 is 1.84 bits per heavy atom. The van der Waals surface area contributed by atoms with Crippen LogP contribution in [0.4, 0.5) is 13.2 Å². The van der Waals surface area contributed by atoms with Gasteiger partial charge >= 0.3 is 6.36 Å². The van der Waals surface area contributed by atoms with Crippen molar-refractivity contribution in [1.82, 2.24) is 9.97 Å². The minimum atomic E-state index is -4.73. The molecule has 1 N–H and O–H groups in total. The maximum absolute atomic E-state index is 12.0. The molecule has 1 heterocycles. The zero-order valence-corrected chi connectivity index (χ0v) is 11.3. The predicted octanol–water partition coefficient (Wildman–Crippen LogP) is 2.94. The van der Waals surface area contributed by atoms with Crippen molar-refractivity contribution in [2.45, 2.75) is 6.36 Å². The number of ether oxygens (including phenoxy) is 1. The smallest absolute Gasteiger partial charge is 0.406 e. The van der Waals surface area contributed by atoms with Gasteiger partial charge in [0.1, 0.15) is 11.6 Å². The van der Waals surface area contributed by atoms with Gasteiger partial charge in [0.15, 0.2) is 0 Å². The predicted molar refractivity (Wildman–Crippen MR) is 69.7 cm³/mol. The highest BCUT2D eigenvalue weighted by Crippen LogP contribution is 2.24. The molecule has 0 bridgehead atoms. The first-order valence-electron chi connectivity index (χ1n) is 4.96. The number of hydrogen-bond acceptors (Lipinski definition) is 3. The van der Waals surface area contributed by atoms with Crippen molar-refractivity contribution in [3.63, 3.8) is 0 Å². The van der Waals surface area contributed by atoms with Gasteiger partial charge in [-0.05, 0) is 46.9 Å². The minimum absolute atomic E-state index is 0.281. The highest BCUT2D eigenvalue weighted by Gasteiger charge is 2.30. The van der Waals surface area contributed by atoms with Crippen LogP contribution in [0.2, 0.25) is 0 Å². The summed E-state index contributed by atoms with van der Waals surface area (Å²) in [5, 5.41) is 0. The number of hydrogen-bond donors (Lipinski definition) is 1. The number of rotatable bonds is 2. The fraction of sp³-hybridized carbons (Fsp3) is 0.0909. The van der Waals surface area contributed by atoms with Crippen molar-refractivity contribution in [2.24, 2.45) is 0 Å². The van der Waals surface area contributed by atoms with Crippen LogP contribution in [-0.2, 0) is 0 Å². The molecule has 0 amide bonds. The molecule has 2 rings (SSSR count). The molecule has 1 aromatic heterocycles. The van der Waals surface area contributed by atoms with Gasteiger partial charge in [0.25, 0.3) is 5.56 Å². The molecule has 4 nitrogen and oxygen atoms in total. The van der Waals surface area contributed by atoms with Gasteiger partial charge in [-0.25, -0.2) is 4.98 Å². The van der Waals surface area contributed by atoms with Gasteiger partial charge < -0.3 is 9.72 Å². The normalized spacial score (nSPS) is 11.4. The Balaban J connectivity index is 2.27. The van der Waals surface area contributed by atoms with Crippen LogP contribution in [0.5, 0.6) is 5.75 Å². The maximum Gasteiger partial charge on any atom is 0.573 e. The molecule has 8 heteroatoms. The first kappa shape index (κ1) is 13.8. The zero-order chi connectivity index (χ0) is 14.0. The third-order valence-corrected chi connectivity index (χ3v) is 2.89. The lowest BCUT2D eigenvalue weighted by molar-refractivity contribution is -0.274. The van der Waals surface area contributed by atoms with Crippen LogP contribution in [0.1, 0.15) is 0 Å². The number of nitrogens with zero attached hydrogens (tertiary/aromatic N) is 1. The molecular formula is C11H6F3IN2O2. The summed E-state index contributed by atoms with van der Waals surface area (Å²) in [7, 11) is 0. The van der Waals surface area contributed by atoms with Crippen LogP contribution in [0.15, 0.2) is 35.3 Å². The summed E-state index contributed by atoms with van der Waals surface area (Å²) in [6.45, 7) is 0. The molecular weight excluding hydrogens is 376 g/mol. The first-order valence-corrected chi connectivity index (χ1v) is 6.04. The molecule has 0 radical (unpaired) electrons. The van der Waals surface area contributed by atoms with E-state index in [0.717, 1.165) is 12.1 Å². The average Bonchev–Trinajstić information content (AvgIpc) is 2.32. The quantitative estimate of drug-likeness (QED) is 0.813. The summed E-state index contributed by atoms with van der Waals surface area (Å²) in [5.41, 5.74) is 0.184. The van der Waals surface area contributed by atoms with Crippen LogP contribution in [0, 0.1) is 3.57 Å². The summed E-state index contributed by atoms with van der Waals surface area (Å²) in [4.78, 5) is 17.9. The van der Waals surface area contributed by atoms with E-state index in [2.05, 4.69) is 14.7 Å². The largest absolute Gasteiger partial charge is 0.573 e. The molecule has 0 aliphatic carbocycles. The standard InChI is InChI=1S/C11H6F3IN2O2/c12-11(13,14)19-7-3-1-6(2-4-7)9-16-5-8(15)10(18)17-9/h1-5H,(H,16,17,18). The number of halogens is 4. The number of alkyl halides is 3. The van der Waals surface area contributed by atoms with E-state index in [0.29, 0.717) is 9.13 Å². The highest BCUT2D eigenvalue weighted by molar-refractivity contribution is 14.1. The van der Waals surface area contributed by atoms with Gasteiger partial charge in [0.05, 0.1) is 3.57 Å². The van der Waals surface area contributed by atoms with E-state index in [9.17, 15) is 18.0 Å². The Labute approximate surface area is 118 Å². The highest BCUT2D eigenvalue weighted by atomic mass is 127. The van der Waals surface area contributed by atoms with E-state index >= 15 is 0 Å². The second kappa shape index (κ2) is 5.19. The number of H-pyrrole nitrogens is 1. The van der Waals surface area contributed by atoms with Crippen molar-refractivity contribution in [1.29, 1.82) is 0 Å². The first-order chi connectivity index (χ1) is 8.85. The molecule has 0 atom stereocenters. The van der Waals surface area contributed by atoms with Gasteiger partial charge in [-0.1, -0.05) is 0 Å². The SMILES string of the molecule is O=c1[nH]c(-c2ccc(OC(F)(F)F)cc2)ncc1I. The summed E-state index contributed by atoms with van der Waals surface area (Å²) in [6.07, 6.45) is -3.34. The Morgan fingerprint density at radius 1 is 1.21 bits per heavy atom. The molecule has 0 spiro atoms. The van der Waals surface area contributed by atoms with E-state index in [-0.39, 0.29) is 17.1 Å². The van der Waals surface area contributed by atoms with Crippen molar-refractivity contribution in [3.05, 3.63) is 44.4 Å². The fourth-order valence-electron chi connectivity index (χ4n) is 1.34. The van der Waals surface area contributed by atoms with E-state index in [4.69, 9.17) is 0 Å². The Bertz CT molecular complexity index is 638. The van der Waals surface area contributed by atoms with E-state index < -0.39 is 6.36 Å². The summed E-state index contributed by atoms with van der Waals surface area (Å²) >= 11 is 1.83. The zero-order valence-electron chi connectivity index (χ0n) is 9.16. The van der Waals surface area contributed by atoms with Gasteiger partial charge in [-0.3, -0.25) is 4.79 Å². The molecule has 100 valence electrons. The molecule has 0 aliphatic rings. The summed E-state index contributed by atoms with van der Waals surface area (Å²) < 4.78 is 40.1. The number of benzene rings is 1. The molecule has 0 saturated carbocycles. The number of aromatic nitrogens is 2. The molecule has 19 heavy (non-hydrogen) atoms. The Kier molecular flexibility index (Phi) is 3.78. The molecule has 1 aromatic carbocycles. The van der Waals surface area contributed by atoms with Crippen LogP contribution < -0.4 is 10.3 Å². The van der Waals surface area contributed by atoms with Crippen molar-refractivity contribution in [3.8, 4) is 17.1 Å².